The van der Waals surface area contributed by atoms with Crippen LogP contribution in [0.5, 0.6) is 0 Å². The predicted molar refractivity (Wildman–Crippen MR) is 56.0 cm³/mol. The minimum absolute atomic E-state index is 0.0168. The quantitative estimate of drug-likeness (QED) is 0.770. The molecule has 0 aliphatic rings. The van der Waals surface area contributed by atoms with Crippen molar-refractivity contribution in [3.05, 3.63) is 30.1 Å². The molecule has 0 saturated carbocycles. The number of halogens is 1. The summed E-state index contributed by atoms with van der Waals surface area (Å²) in [5, 5.41) is 2.80. The molecule has 0 fully saturated rings. The van der Waals surface area contributed by atoms with E-state index in [2.05, 4.69) is 10.3 Å². The first-order chi connectivity index (χ1) is 6.74. The number of carbonyl (C=O) groups is 1. The molecule has 1 N–H and O–H groups in total. The van der Waals surface area contributed by atoms with Gasteiger partial charge in [-0.05, 0) is 17.7 Å². The van der Waals surface area contributed by atoms with Crippen LogP contribution in [0.1, 0.15) is 12.5 Å². The Balaban J connectivity index is 2.38. The van der Waals surface area contributed by atoms with E-state index in [0.29, 0.717) is 12.4 Å². The SMILES string of the molecule is CC(CCl)C(=O)NCc1ccncc1. The monoisotopic (exact) mass is 212 g/mol. The number of alkyl halides is 1. The molecule has 1 amide bonds. The highest BCUT2D eigenvalue weighted by molar-refractivity contribution is 6.19. The number of aromatic nitrogens is 1. The van der Waals surface area contributed by atoms with Crippen LogP contribution in [0.2, 0.25) is 0 Å². The van der Waals surface area contributed by atoms with Gasteiger partial charge in [0.2, 0.25) is 5.91 Å². The number of nitrogens with zero attached hydrogens (tertiary/aromatic N) is 1. The van der Waals surface area contributed by atoms with E-state index in [4.69, 9.17) is 11.6 Å². The fourth-order valence-electron chi connectivity index (χ4n) is 0.934. The Morgan fingerprint density at radius 3 is 2.79 bits per heavy atom. The smallest absolute Gasteiger partial charge is 0.224 e. The van der Waals surface area contributed by atoms with E-state index in [9.17, 15) is 4.79 Å². The summed E-state index contributed by atoms with van der Waals surface area (Å²) in [5.74, 6) is 0.192. The predicted octanol–water partition coefficient (Wildman–Crippen LogP) is 1.57. The summed E-state index contributed by atoms with van der Waals surface area (Å²) in [5.41, 5.74) is 1.04. The van der Waals surface area contributed by atoms with Crippen molar-refractivity contribution in [2.75, 3.05) is 5.88 Å². The average molecular weight is 213 g/mol. The minimum Gasteiger partial charge on any atom is -0.352 e. The van der Waals surface area contributed by atoms with Gasteiger partial charge in [-0.3, -0.25) is 9.78 Å². The average Bonchev–Trinajstić information content (AvgIpc) is 2.26. The number of hydrogen-bond donors (Lipinski definition) is 1. The molecule has 4 heteroatoms. The molecule has 0 radical (unpaired) electrons. The standard InChI is InChI=1S/C10H13ClN2O/c1-8(6-11)10(14)13-7-9-2-4-12-5-3-9/h2-5,8H,6-7H2,1H3,(H,13,14). The molecule has 76 valence electrons. The topological polar surface area (TPSA) is 42.0 Å². The zero-order chi connectivity index (χ0) is 10.4. The molecule has 3 nitrogen and oxygen atoms in total. The van der Waals surface area contributed by atoms with Gasteiger partial charge in [0, 0.05) is 30.7 Å². The van der Waals surface area contributed by atoms with Crippen LogP contribution in [0.15, 0.2) is 24.5 Å². The zero-order valence-electron chi connectivity index (χ0n) is 8.03. The molecular formula is C10H13ClN2O. The van der Waals surface area contributed by atoms with Crippen molar-refractivity contribution in [1.29, 1.82) is 0 Å². The van der Waals surface area contributed by atoms with E-state index in [1.807, 2.05) is 12.1 Å². The first kappa shape index (κ1) is 11.0. The van der Waals surface area contributed by atoms with Gasteiger partial charge >= 0.3 is 0 Å². The Morgan fingerprint density at radius 2 is 2.21 bits per heavy atom. The molecule has 1 atom stereocenters. The van der Waals surface area contributed by atoms with E-state index in [-0.39, 0.29) is 11.8 Å². The van der Waals surface area contributed by atoms with Gasteiger partial charge in [-0.15, -0.1) is 11.6 Å². The first-order valence-electron chi connectivity index (χ1n) is 4.46. The lowest BCUT2D eigenvalue weighted by molar-refractivity contribution is -0.124. The maximum atomic E-state index is 11.3. The summed E-state index contributed by atoms with van der Waals surface area (Å²) in [6, 6.07) is 3.73. The van der Waals surface area contributed by atoms with Crippen LogP contribution in [-0.2, 0) is 11.3 Å². The van der Waals surface area contributed by atoms with E-state index in [1.165, 1.54) is 0 Å². The molecular weight excluding hydrogens is 200 g/mol. The summed E-state index contributed by atoms with van der Waals surface area (Å²) in [6.45, 7) is 2.33. The van der Waals surface area contributed by atoms with Crippen LogP contribution in [0, 0.1) is 5.92 Å². The van der Waals surface area contributed by atoms with Gasteiger partial charge in [-0.2, -0.15) is 0 Å². The maximum Gasteiger partial charge on any atom is 0.224 e. The van der Waals surface area contributed by atoms with Crippen LogP contribution in [0.4, 0.5) is 0 Å². The zero-order valence-corrected chi connectivity index (χ0v) is 8.79. The molecule has 0 aromatic carbocycles. The van der Waals surface area contributed by atoms with Gasteiger partial charge in [0.15, 0.2) is 0 Å². The molecule has 0 saturated heterocycles. The molecule has 1 aromatic heterocycles. The Labute approximate surface area is 88.5 Å². The van der Waals surface area contributed by atoms with Gasteiger partial charge in [0.25, 0.3) is 0 Å². The number of amides is 1. The van der Waals surface area contributed by atoms with Crippen molar-refractivity contribution < 1.29 is 4.79 Å². The van der Waals surface area contributed by atoms with Crippen molar-refractivity contribution in [3.8, 4) is 0 Å². The van der Waals surface area contributed by atoms with Crippen LogP contribution in [0.3, 0.4) is 0 Å². The second kappa shape index (κ2) is 5.60. The Bertz CT molecular complexity index is 289. The van der Waals surface area contributed by atoms with Gasteiger partial charge in [0.1, 0.15) is 0 Å². The first-order valence-corrected chi connectivity index (χ1v) is 5.00. The van der Waals surface area contributed by atoms with E-state index < -0.39 is 0 Å². The molecule has 1 rings (SSSR count). The molecule has 14 heavy (non-hydrogen) atoms. The van der Waals surface area contributed by atoms with Crippen molar-refractivity contribution in [2.24, 2.45) is 5.92 Å². The summed E-state index contributed by atoms with van der Waals surface area (Å²) < 4.78 is 0. The lowest BCUT2D eigenvalue weighted by Gasteiger charge is -2.08. The normalized spacial score (nSPS) is 12.1. The highest BCUT2D eigenvalue weighted by atomic mass is 35.5. The second-order valence-electron chi connectivity index (χ2n) is 3.13. The van der Waals surface area contributed by atoms with Gasteiger partial charge in [-0.25, -0.2) is 0 Å². The van der Waals surface area contributed by atoms with E-state index in [0.717, 1.165) is 5.56 Å². The third-order valence-corrected chi connectivity index (χ3v) is 2.36. The van der Waals surface area contributed by atoms with Crippen LogP contribution < -0.4 is 5.32 Å². The fourth-order valence-corrected chi connectivity index (χ4v) is 1.07. The van der Waals surface area contributed by atoms with E-state index in [1.54, 1.807) is 19.3 Å². The lowest BCUT2D eigenvalue weighted by atomic mass is 10.2. The van der Waals surface area contributed by atoms with Crippen molar-refractivity contribution >= 4 is 17.5 Å². The number of nitrogens with one attached hydrogen (secondary N) is 1. The van der Waals surface area contributed by atoms with Crippen LogP contribution in [-0.4, -0.2) is 16.8 Å². The molecule has 0 bridgehead atoms. The van der Waals surface area contributed by atoms with Crippen molar-refractivity contribution in [2.45, 2.75) is 13.5 Å². The largest absolute Gasteiger partial charge is 0.352 e. The van der Waals surface area contributed by atoms with Gasteiger partial charge < -0.3 is 5.32 Å². The number of rotatable bonds is 4. The number of carbonyl (C=O) groups excluding carboxylic acids is 1. The highest BCUT2D eigenvalue weighted by Crippen LogP contribution is 2.00. The third-order valence-electron chi connectivity index (χ3n) is 1.90. The number of hydrogen-bond acceptors (Lipinski definition) is 2. The van der Waals surface area contributed by atoms with Gasteiger partial charge in [-0.1, -0.05) is 6.92 Å². The van der Waals surface area contributed by atoms with Gasteiger partial charge in [0.05, 0.1) is 0 Å². The third kappa shape index (κ3) is 3.34. The molecule has 1 aromatic rings. The second-order valence-corrected chi connectivity index (χ2v) is 3.44. The summed E-state index contributed by atoms with van der Waals surface area (Å²) in [7, 11) is 0. The Hall–Kier alpha value is -1.09. The van der Waals surface area contributed by atoms with Crippen molar-refractivity contribution in [1.82, 2.24) is 10.3 Å². The molecule has 1 unspecified atom stereocenters. The summed E-state index contributed by atoms with van der Waals surface area (Å²) in [4.78, 5) is 15.2. The van der Waals surface area contributed by atoms with E-state index >= 15 is 0 Å². The van der Waals surface area contributed by atoms with Crippen LogP contribution >= 0.6 is 11.6 Å². The molecule has 1 heterocycles. The minimum atomic E-state index is -0.140. The molecule has 0 spiro atoms. The number of pyridine rings is 1. The fraction of sp³-hybridized carbons (Fsp3) is 0.400. The highest BCUT2D eigenvalue weighted by Gasteiger charge is 2.09. The molecule has 0 aliphatic carbocycles. The van der Waals surface area contributed by atoms with Crippen molar-refractivity contribution in [3.63, 3.8) is 0 Å². The van der Waals surface area contributed by atoms with Crippen LogP contribution in [0.25, 0.3) is 0 Å². The Kier molecular flexibility index (Phi) is 4.40. The molecule has 0 aliphatic heterocycles. The Morgan fingerprint density at radius 1 is 1.57 bits per heavy atom. The summed E-state index contributed by atoms with van der Waals surface area (Å²) in [6.07, 6.45) is 3.40. The summed E-state index contributed by atoms with van der Waals surface area (Å²) >= 11 is 5.56. The maximum absolute atomic E-state index is 11.3. The lowest BCUT2D eigenvalue weighted by Crippen LogP contribution is -2.29.